The van der Waals surface area contributed by atoms with E-state index in [0.717, 1.165) is 21.7 Å². The number of aromatic nitrogens is 2. The largest absolute Gasteiger partial charge is 0.451 e. The number of aryl methyl sites for hydroxylation is 2. The fourth-order valence-corrected chi connectivity index (χ4v) is 5.52. The fraction of sp³-hybridized carbons (Fsp3) is 0.0741. The van der Waals surface area contributed by atoms with E-state index in [1.807, 2.05) is 6.92 Å². The standard InChI is InChI=1S/C27H22F2N4O4S/c1-15-3-6-17(7-4-15)38(35,36)33-12-11-18-20(14-32(2)27(34)25(18)33)19-8-9-22(30)24(31)26(19)37-23-10-5-16(28)13-21(23)29/h3-14H,30-31H2,1-2H3. The molecule has 0 saturated carbocycles. The molecule has 0 spiro atoms. The van der Waals surface area contributed by atoms with E-state index < -0.39 is 27.2 Å². The molecule has 0 radical (unpaired) electrons. The van der Waals surface area contributed by atoms with Gasteiger partial charge in [0.05, 0.1) is 16.3 Å². The molecular formula is C27H22F2N4O4S. The van der Waals surface area contributed by atoms with Gasteiger partial charge in [-0.25, -0.2) is 21.2 Å². The highest BCUT2D eigenvalue weighted by molar-refractivity contribution is 7.90. The van der Waals surface area contributed by atoms with Crippen LogP contribution >= 0.6 is 0 Å². The van der Waals surface area contributed by atoms with Gasteiger partial charge in [0.25, 0.3) is 15.6 Å². The molecule has 0 unspecified atom stereocenters. The molecule has 0 fully saturated rings. The third-order valence-electron chi connectivity index (χ3n) is 6.19. The highest BCUT2D eigenvalue weighted by atomic mass is 32.2. The van der Waals surface area contributed by atoms with Crippen molar-refractivity contribution in [2.45, 2.75) is 11.8 Å². The number of nitrogens with two attached hydrogens (primary N) is 2. The van der Waals surface area contributed by atoms with Gasteiger partial charge in [0.2, 0.25) is 0 Å². The van der Waals surface area contributed by atoms with E-state index in [-0.39, 0.29) is 38.7 Å². The third-order valence-corrected chi connectivity index (χ3v) is 7.88. The minimum atomic E-state index is -4.12. The quantitative estimate of drug-likeness (QED) is 0.312. The van der Waals surface area contributed by atoms with Crippen molar-refractivity contribution in [3.8, 4) is 22.6 Å². The smallest absolute Gasteiger partial charge is 0.275 e. The first-order chi connectivity index (χ1) is 18.0. The molecule has 0 saturated heterocycles. The number of anilines is 2. The molecule has 0 aliphatic rings. The molecule has 2 heterocycles. The Bertz CT molecular complexity index is 1900. The van der Waals surface area contributed by atoms with Crippen molar-refractivity contribution >= 4 is 32.3 Å². The van der Waals surface area contributed by atoms with Crippen LogP contribution in [0.3, 0.4) is 0 Å². The van der Waals surface area contributed by atoms with Crippen LogP contribution in [-0.2, 0) is 17.1 Å². The highest BCUT2D eigenvalue weighted by Gasteiger charge is 2.25. The molecule has 5 rings (SSSR count). The van der Waals surface area contributed by atoms with E-state index in [4.69, 9.17) is 16.2 Å². The minimum Gasteiger partial charge on any atom is -0.451 e. The van der Waals surface area contributed by atoms with Gasteiger partial charge in [-0.1, -0.05) is 17.7 Å². The summed E-state index contributed by atoms with van der Waals surface area (Å²) in [5.74, 6) is -2.08. The average molecular weight is 537 g/mol. The van der Waals surface area contributed by atoms with Gasteiger partial charge in [-0.3, -0.25) is 4.79 Å². The van der Waals surface area contributed by atoms with Crippen LogP contribution in [0, 0.1) is 18.6 Å². The number of rotatable bonds is 5. The Balaban J connectivity index is 1.76. The van der Waals surface area contributed by atoms with E-state index in [2.05, 4.69) is 0 Å². The van der Waals surface area contributed by atoms with Gasteiger partial charge in [0.1, 0.15) is 11.3 Å². The van der Waals surface area contributed by atoms with Crippen LogP contribution in [0.1, 0.15) is 5.56 Å². The predicted molar refractivity (Wildman–Crippen MR) is 142 cm³/mol. The maximum atomic E-state index is 14.4. The Kier molecular flexibility index (Phi) is 5.95. The van der Waals surface area contributed by atoms with Gasteiger partial charge in [-0.2, -0.15) is 0 Å². The fourth-order valence-electron chi connectivity index (χ4n) is 4.17. The molecule has 8 nitrogen and oxygen atoms in total. The van der Waals surface area contributed by atoms with E-state index in [0.29, 0.717) is 17.2 Å². The van der Waals surface area contributed by atoms with Crippen LogP contribution in [0.15, 0.2) is 82.7 Å². The molecule has 0 bridgehead atoms. The van der Waals surface area contributed by atoms with Crippen LogP contribution in [0.5, 0.6) is 11.5 Å². The first-order valence-corrected chi connectivity index (χ1v) is 12.8. The van der Waals surface area contributed by atoms with Gasteiger partial charge >= 0.3 is 0 Å². The molecule has 2 aromatic heterocycles. The van der Waals surface area contributed by atoms with E-state index in [1.54, 1.807) is 18.2 Å². The zero-order valence-corrected chi connectivity index (χ0v) is 21.1. The second-order valence-corrected chi connectivity index (χ2v) is 10.6. The summed E-state index contributed by atoms with van der Waals surface area (Å²) in [6, 6.07) is 13.6. The number of pyridine rings is 1. The number of nitrogens with zero attached hydrogens (tertiary/aromatic N) is 2. The van der Waals surface area contributed by atoms with Crippen molar-refractivity contribution in [1.82, 2.24) is 8.54 Å². The first-order valence-electron chi connectivity index (χ1n) is 11.3. The van der Waals surface area contributed by atoms with Crippen LogP contribution in [0.4, 0.5) is 20.2 Å². The van der Waals surface area contributed by atoms with Crippen LogP contribution in [-0.4, -0.2) is 17.0 Å². The van der Waals surface area contributed by atoms with Gasteiger partial charge in [0, 0.05) is 42.0 Å². The number of halogens is 2. The number of ether oxygens (including phenoxy) is 1. The third kappa shape index (κ3) is 4.06. The van der Waals surface area contributed by atoms with Crippen LogP contribution in [0.25, 0.3) is 22.0 Å². The molecule has 4 N–H and O–H groups in total. The summed E-state index contributed by atoms with van der Waals surface area (Å²) in [5, 5.41) is 0.289. The summed E-state index contributed by atoms with van der Waals surface area (Å²) in [6.07, 6.45) is 2.79. The number of hydrogen-bond acceptors (Lipinski definition) is 6. The van der Waals surface area contributed by atoms with Gasteiger partial charge in [-0.05, 0) is 49.4 Å². The molecule has 3 aromatic carbocycles. The Morgan fingerprint density at radius 1 is 0.921 bits per heavy atom. The summed E-state index contributed by atoms with van der Waals surface area (Å²) in [5.41, 5.74) is 13.2. The number of benzene rings is 3. The average Bonchev–Trinajstić information content (AvgIpc) is 3.33. The van der Waals surface area contributed by atoms with Crippen molar-refractivity contribution < 1.29 is 21.9 Å². The summed E-state index contributed by atoms with van der Waals surface area (Å²) in [4.78, 5) is 13.2. The molecule has 194 valence electrons. The maximum absolute atomic E-state index is 14.4. The monoisotopic (exact) mass is 536 g/mol. The topological polar surface area (TPSA) is 122 Å². The molecule has 0 aliphatic heterocycles. The van der Waals surface area contributed by atoms with Crippen LogP contribution < -0.4 is 21.8 Å². The van der Waals surface area contributed by atoms with Crippen molar-refractivity contribution in [2.75, 3.05) is 11.5 Å². The molecule has 0 aliphatic carbocycles. The lowest BCUT2D eigenvalue weighted by Gasteiger charge is -2.17. The van der Waals surface area contributed by atoms with Crippen molar-refractivity contribution in [3.05, 3.63) is 101 Å². The minimum absolute atomic E-state index is 0.0139. The molecule has 0 amide bonds. The van der Waals surface area contributed by atoms with Gasteiger partial charge in [-0.15, -0.1) is 0 Å². The molecule has 11 heteroatoms. The lowest BCUT2D eigenvalue weighted by atomic mass is 10.0. The zero-order chi connectivity index (χ0) is 27.4. The molecule has 0 atom stereocenters. The maximum Gasteiger partial charge on any atom is 0.275 e. The summed E-state index contributed by atoms with van der Waals surface area (Å²) in [6.45, 7) is 1.83. The van der Waals surface area contributed by atoms with Crippen LogP contribution in [0.2, 0.25) is 0 Å². The number of nitrogen functional groups attached to an aromatic ring is 2. The van der Waals surface area contributed by atoms with Gasteiger partial charge < -0.3 is 20.8 Å². The normalized spacial score (nSPS) is 11.7. The summed E-state index contributed by atoms with van der Waals surface area (Å²) in [7, 11) is -2.64. The van der Waals surface area contributed by atoms with E-state index >= 15 is 0 Å². The SMILES string of the molecule is Cc1ccc(S(=O)(=O)n2ccc3c(-c4ccc(N)c(N)c4Oc4ccc(F)cc4F)cn(C)c(=O)c32)cc1. The second-order valence-electron chi connectivity index (χ2n) is 8.77. The number of fused-ring (bicyclic) bond motifs is 1. The van der Waals surface area contributed by atoms with E-state index in [1.165, 1.54) is 48.3 Å². The number of hydrogen-bond donors (Lipinski definition) is 2. The molecule has 5 aromatic rings. The Hall–Kier alpha value is -4.64. The van der Waals surface area contributed by atoms with E-state index in [9.17, 15) is 22.0 Å². The summed E-state index contributed by atoms with van der Waals surface area (Å²) >= 11 is 0. The highest BCUT2D eigenvalue weighted by Crippen LogP contribution is 2.43. The second kappa shape index (κ2) is 9.03. The Labute approximate surface area is 216 Å². The first kappa shape index (κ1) is 25.0. The molecule has 38 heavy (non-hydrogen) atoms. The zero-order valence-electron chi connectivity index (χ0n) is 20.3. The van der Waals surface area contributed by atoms with Crippen molar-refractivity contribution in [1.29, 1.82) is 0 Å². The summed E-state index contributed by atoms with van der Waals surface area (Å²) < 4.78 is 62.8. The lowest BCUT2D eigenvalue weighted by molar-refractivity contribution is 0.441. The predicted octanol–water partition coefficient (Wildman–Crippen LogP) is 4.79. The Morgan fingerprint density at radius 2 is 1.63 bits per heavy atom. The lowest BCUT2D eigenvalue weighted by Crippen LogP contribution is -2.22. The molecular weight excluding hydrogens is 514 g/mol. The van der Waals surface area contributed by atoms with Gasteiger partial charge in [0.15, 0.2) is 17.3 Å². The Morgan fingerprint density at radius 3 is 2.32 bits per heavy atom. The van der Waals surface area contributed by atoms with Crippen molar-refractivity contribution in [2.24, 2.45) is 7.05 Å². The van der Waals surface area contributed by atoms with Crippen molar-refractivity contribution in [3.63, 3.8) is 0 Å².